The number of nitrogens with one attached hydrogen (secondary N) is 2. The Bertz CT molecular complexity index is 510. The Morgan fingerprint density at radius 3 is 2.74 bits per heavy atom. The van der Waals surface area contributed by atoms with Crippen LogP contribution in [0.1, 0.15) is 32.1 Å². The van der Waals surface area contributed by atoms with E-state index in [-0.39, 0.29) is 4.90 Å². The Labute approximate surface area is 114 Å². The van der Waals surface area contributed by atoms with Crippen molar-refractivity contribution in [2.75, 3.05) is 18.9 Å². The van der Waals surface area contributed by atoms with Gasteiger partial charge in [-0.3, -0.25) is 0 Å². The summed E-state index contributed by atoms with van der Waals surface area (Å²) in [6.07, 6.45) is 7.51. The second-order valence-electron chi connectivity index (χ2n) is 4.96. The molecule has 2 rings (SSSR count). The van der Waals surface area contributed by atoms with E-state index in [0.717, 1.165) is 12.8 Å². The van der Waals surface area contributed by atoms with Gasteiger partial charge in [-0.05, 0) is 30.9 Å². The van der Waals surface area contributed by atoms with Crippen molar-refractivity contribution >= 4 is 15.8 Å². The van der Waals surface area contributed by atoms with Gasteiger partial charge in [-0.1, -0.05) is 19.3 Å². The fraction of sp³-hybridized carbons (Fsp3) is 0.615. The van der Waals surface area contributed by atoms with Gasteiger partial charge in [-0.15, -0.1) is 0 Å². The highest BCUT2D eigenvalue weighted by molar-refractivity contribution is 7.89. The molecule has 2 N–H and O–H groups in total. The molecule has 5 nitrogen and oxygen atoms in total. The van der Waals surface area contributed by atoms with Crippen molar-refractivity contribution in [1.82, 2.24) is 9.71 Å². The van der Waals surface area contributed by atoms with E-state index < -0.39 is 10.0 Å². The molecule has 6 heteroatoms. The minimum atomic E-state index is -3.48. The molecule has 1 fully saturated rings. The van der Waals surface area contributed by atoms with Crippen LogP contribution >= 0.6 is 0 Å². The predicted octanol–water partition coefficient (Wildman–Crippen LogP) is 1.98. The molecule has 0 radical (unpaired) electrons. The van der Waals surface area contributed by atoms with Gasteiger partial charge in [0.05, 0.1) is 0 Å². The zero-order valence-electron chi connectivity index (χ0n) is 11.2. The van der Waals surface area contributed by atoms with Crippen molar-refractivity contribution in [2.45, 2.75) is 37.0 Å². The Morgan fingerprint density at radius 2 is 2.05 bits per heavy atom. The highest BCUT2D eigenvalue weighted by Gasteiger charge is 2.21. The monoisotopic (exact) mass is 283 g/mol. The smallest absolute Gasteiger partial charge is 0.244 e. The maximum Gasteiger partial charge on any atom is 0.244 e. The molecule has 0 spiro atoms. The van der Waals surface area contributed by atoms with Crippen LogP contribution in [-0.2, 0) is 10.0 Å². The number of aromatic nitrogens is 1. The number of nitrogens with zero attached hydrogens (tertiary/aromatic N) is 1. The van der Waals surface area contributed by atoms with E-state index in [1.807, 2.05) is 0 Å². The molecule has 0 aromatic carbocycles. The number of rotatable bonds is 5. The molecule has 1 aromatic heterocycles. The molecule has 0 bridgehead atoms. The molecule has 0 atom stereocenters. The van der Waals surface area contributed by atoms with Crippen LogP contribution in [0.25, 0.3) is 0 Å². The summed E-state index contributed by atoms with van der Waals surface area (Å²) in [5.74, 6) is 0.858. The summed E-state index contributed by atoms with van der Waals surface area (Å²) < 4.78 is 27.2. The second kappa shape index (κ2) is 6.34. The van der Waals surface area contributed by atoms with Gasteiger partial charge in [0.2, 0.25) is 10.0 Å². The number of pyridine rings is 1. The second-order valence-corrected chi connectivity index (χ2v) is 6.69. The molecule has 0 saturated heterocycles. The minimum Gasteiger partial charge on any atom is -0.372 e. The van der Waals surface area contributed by atoms with Crippen molar-refractivity contribution < 1.29 is 8.42 Å². The summed E-state index contributed by atoms with van der Waals surface area (Å²) in [6.45, 7) is 0.528. The van der Waals surface area contributed by atoms with Gasteiger partial charge >= 0.3 is 0 Å². The van der Waals surface area contributed by atoms with Crippen molar-refractivity contribution in [3.8, 4) is 0 Å². The molecule has 1 aliphatic carbocycles. The van der Waals surface area contributed by atoms with Gasteiger partial charge < -0.3 is 5.32 Å². The van der Waals surface area contributed by atoms with Crippen LogP contribution in [0.5, 0.6) is 0 Å². The third-order valence-electron chi connectivity index (χ3n) is 3.58. The summed E-state index contributed by atoms with van der Waals surface area (Å²) >= 11 is 0. The molecule has 1 aromatic rings. The van der Waals surface area contributed by atoms with E-state index in [4.69, 9.17) is 0 Å². The van der Waals surface area contributed by atoms with Crippen LogP contribution in [0, 0.1) is 5.92 Å². The molecular formula is C13H21N3O2S. The maximum atomic E-state index is 12.3. The summed E-state index contributed by atoms with van der Waals surface area (Å²) in [6, 6.07) is 3.21. The first-order valence-electron chi connectivity index (χ1n) is 6.76. The Morgan fingerprint density at radius 1 is 1.32 bits per heavy atom. The van der Waals surface area contributed by atoms with Crippen LogP contribution in [0.15, 0.2) is 23.2 Å². The molecule has 0 aliphatic heterocycles. The van der Waals surface area contributed by atoms with Crippen LogP contribution in [0.4, 0.5) is 5.82 Å². The lowest BCUT2D eigenvalue weighted by molar-refractivity contribution is 0.357. The van der Waals surface area contributed by atoms with Gasteiger partial charge in [-0.2, -0.15) is 0 Å². The van der Waals surface area contributed by atoms with Gasteiger partial charge in [0.25, 0.3) is 0 Å². The highest BCUT2D eigenvalue weighted by atomic mass is 32.2. The van der Waals surface area contributed by atoms with Crippen molar-refractivity contribution in [3.63, 3.8) is 0 Å². The first-order valence-corrected chi connectivity index (χ1v) is 8.24. The van der Waals surface area contributed by atoms with Crippen LogP contribution < -0.4 is 10.0 Å². The largest absolute Gasteiger partial charge is 0.372 e. The van der Waals surface area contributed by atoms with E-state index in [2.05, 4.69) is 15.0 Å². The molecular weight excluding hydrogens is 262 g/mol. The topological polar surface area (TPSA) is 71.1 Å². The van der Waals surface area contributed by atoms with Crippen LogP contribution in [0.3, 0.4) is 0 Å². The average Bonchev–Trinajstić information content (AvgIpc) is 2.46. The Kier molecular flexibility index (Phi) is 4.76. The summed E-state index contributed by atoms with van der Waals surface area (Å²) in [7, 11) is -1.81. The summed E-state index contributed by atoms with van der Waals surface area (Å²) in [5.41, 5.74) is 0. The number of sulfonamides is 1. The molecule has 0 unspecified atom stereocenters. The Balaban J connectivity index is 2.05. The van der Waals surface area contributed by atoms with E-state index in [1.54, 1.807) is 25.4 Å². The van der Waals surface area contributed by atoms with E-state index in [9.17, 15) is 8.42 Å². The molecule has 19 heavy (non-hydrogen) atoms. The number of hydrogen-bond acceptors (Lipinski definition) is 4. The molecule has 1 saturated carbocycles. The summed E-state index contributed by atoms with van der Waals surface area (Å²) in [5, 5.41) is 2.81. The molecule has 1 aliphatic rings. The quantitative estimate of drug-likeness (QED) is 0.867. The highest BCUT2D eigenvalue weighted by Crippen LogP contribution is 2.24. The standard InChI is InChI=1S/C13H21N3O2S/c1-14-13-12(8-5-9-15-13)19(17,18)16-10-11-6-3-2-4-7-11/h5,8-9,11,16H,2-4,6-7,10H2,1H3,(H,14,15). The lowest BCUT2D eigenvalue weighted by Crippen LogP contribution is -2.30. The van der Waals surface area contributed by atoms with Gasteiger partial charge in [0, 0.05) is 19.8 Å². The lowest BCUT2D eigenvalue weighted by atomic mass is 9.90. The zero-order valence-corrected chi connectivity index (χ0v) is 12.0. The fourth-order valence-electron chi connectivity index (χ4n) is 2.49. The normalized spacial score (nSPS) is 17.3. The maximum absolute atomic E-state index is 12.3. The predicted molar refractivity (Wildman–Crippen MR) is 75.5 cm³/mol. The minimum absolute atomic E-state index is 0.216. The van der Waals surface area contributed by atoms with E-state index in [0.29, 0.717) is 18.3 Å². The third-order valence-corrected chi connectivity index (χ3v) is 5.04. The lowest BCUT2D eigenvalue weighted by Gasteiger charge is -2.21. The van der Waals surface area contributed by atoms with E-state index >= 15 is 0 Å². The van der Waals surface area contributed by atoms with Gasteiger partial charge in [-0.25, -0.2) is 18.1 Å². The number of anilines is 1. The SMILES string of the molecule is CNc1ncccc1S(=O)(=O)NCC1CCCCC1. The van der Waals surface area contributed by atoms with Crippen LogP contribution in [0.2, 0.25) is 0 Å². The van der Waals surface area contributed by atoms with Crippen molar-refractivity contribution in [2.24, 2.45) is 5.92 Å². The average molecular weight is 283 g/mol. The summed E-state index contributed by atoms with van der Waals surface area (Å²) in [4.78, 5) is 4.24. The number of hydrogen-bond donors (Lipinski definition) is 2. The molecule has 106 valence electrons. The first kappa shape index (κ1) is 14.3. The van der Waals surface area contributed by atoms with Crippen LogP contribution in [-0.4, -0.2) is 27.0 Å². The van der Waals surface area contributed by atoms with Crippen molar-refractivity contribution in [3.05, 3.63) is 18.3 Å². The van der Waals surface area contributed by atoms with Crippen molar-refractivity contribution in [1.29, 1.82) is 0 Å². The Hall–Kier alpha value is -1.14. The van der Waals surface area contributed by atoms with Gasteiger partial charge in [0.15, 0.2) is 0 Å². The zero-order chi connectivity index (χ0) is 13.7. The fourth-order valence-corrected chi connectivity index (χ4v) is 3.77. The molecule has 0 amide bonds. The molecule has 1 heterocycles. The first-order chi connectivity index (χ1) is 9.13. The van der Waals surface area contributed by atoms with E-state index in [1.165, 1.54) is 19.3 Å². The van der Waals surface area contributed by atoms with Gasteiger partial charge in [0.1, 0.15) is 10.7 Å². The third kappa shape index (κ3) is 3.67.